The molecule has 6 heteroatoms. The third-order valence-electron chi connectivity index (χ3n) is 2.87. The van der Waals surface area contributed by atoms with Crippen molar-refractivity contribution in [3.05, 3.63) is 63.6 Å². The van der Waals surface area contributed by atoms with Crippen LogP contribution in [-0.2, 0) is 4.79 Å². The van der Waals surface area contributed by atoms with Gasteiger partial charge in [-0.2, -0.15) is 0 Å². The number of anilines is 1. The molecule has 0 saturated heterocycles. The predicted molar refractivity (Wildman–Crippen MR) is 89.4 cm³/mol. The van der Waals surface area contributed by atoms with Crippen molar-refractivity contribution >= 4 is 47.3 Å². The van der Waals surface area contributed by atoms with Crippen molar-refractivity contribution in [1.82, 2.24) is 0 Å². The number of nitrogens with one attached hydrogen (secondary N) is 1. The first-order valence-electron chi connectivity index (χ1n) is 6.34. The van der Waals surface area contributed by atoms with Crippen LogP contribution in [0.2, 0.25) is 10.0 Å². The van der Waals surface area contributed by atoms with Gasteiger partial charge in [0.1, 0.15) is 6.54 Å². The molecule has 0 saturated carbocycles. The molecule has 2 aromatic carbocycles. The number of hydrogen-bond donors (Lipinski definition) is 1. The van der Waals surface area contributed by atoms with Crippen molar-refractivity contribution < 1.29 is 9.59 Å². The Bertz CT molecular complexity index is 745. The number of benzene rings is 2. The molecule has 0 unspecified atom stereocenters. The predicted octanol–water partition coefficient (Wildman–Crippen LogP) is 3.86. The van der Waals surface area contributed by atoms with Gasteiger partial charge in [-0.3, -0.25) is 14.6 Å². The summed E-state index contributed by atoms with van der Waals surface area (Å²) in [5.41, 5.74) is 0.949. The Balaban J connectivity index is 2.43. The second-order valence-corrected chi connectivity index (χ2v) is 5.27. The fourth-order valence-corrected chi connectivity index (χ4v) is 2.29. The number of carbonyl (C=O) groups is 2. The second-order valence-electron chi connectivity index (χ2n) is 4.43. The number of aliphatic imine (C=N–C) groups is 1. The van der Waals surface area contributed by atoms with Gasteiger partial charge in [0.2, 0.25) is 5.91 Å². The van der Waals surface area contributed by atoms with Gasteiger partial charge in [0, 0.05) is 16.1 Å². The van der Waals surface area contributed by atoms with Crippen molar-refractivity contribution in [3.63, 3.8) is 0 Å². The molecular weight excluding hydrogens is 323 g/mol. The summed E-state index contributed by atoms with van der Waals surface area (Å²) in [5, 5.41) is 3.33. The highest BCUT2D eigenvalue weighted by molar-refractivity contribution is 6.36. The van der Waals surface area contributed by atoms with Crippen LogP contribution in [0.3, 0.4) is 0 Å². The molecule has 1 amide bonds. The third-order valence-corrected chi connectivity index (χ3v) is 3.44. The maximum atomic E-state index is 12.6. The van der Waals surface area contributed by atoms with Crippen molar-refractivity contribution in [2.24, 2.45) is 4.99 Å². The van der Waals surface area contributed by atoms with E-state index >= 15 is 0 Å². The van der Waals surface area contributed by atoms with Gasteiger partial charge in [-0.25, -0.2) is 0 Å². The highest BCUT2D eigenvalue weighted by Gasteiger charge is 2.18. The lowest BCUT2D eigenvalue weighted by Gasteiger charge is -2.11. The summed E-state index contributed by atoms with van der Waals surface area (Å²) in [4.78, 5) is 27.8. The number of ketones is 1. The van der Waals surface area contributed by atoms with Gasteiger partial charge in [0.15, 0.2) is 5.78 Å². The van der Waals surface area contributed by atoms with Crippen LogP contribution in [0.15, 0.2) is 47.5 Å². The Labute approximate surface area is 137 Å². The lowest BCUT2D eigenvalue weighted by Crippen LogP contribution is -2.17. The summed E-state index contributed by atoms with van der Waals surface area (Å²) in [6.45, 7) is 3.16. The van der Waals surface area contributed by atoms with Crippen LogP contribution in [0.5, 0.6) is 0 Å². The van der Waals surface area contributed by atoms with Crippen molar-refractivity contribution in [2.45, 2.75) is 0 Å². The molecule has 0 heterocycles. The molecule has 0 aliphatic rings. The lowest BCUT2D eigenvalue weighted by molar-refractivity contribution is -0.114. The molecule has 112 valence electrons. The molecule has 0 aliphatic heterocycles. The smallest absolute Gasteiger partial charge is 0.246 e. The van der Waals surface area contributed by atoms with E-state index in [1.807, 2.05) is 0 Å². The molecule has 0 radical (unpaired) electrons. The summed E-state index contributed by atoms with van der Waals surface area (Å²) in [5.74, 6) is -0.694. The molecule has 2 aromatic rings. The van der Waals surface area contributed by atoms with E-state index in [9.17, 15) is 9.59 Å². The number of rotatable bonds is 5. The highest BCUT2D eigenvalue weighted by Crippen LogP contribution is 2.26. The number of carbonyl (C=O) groups excluding carboxylic acids is 2. The number of amides is 1. The van der Waals surface area contributed by atoms with Gasteiger partial charge >= 0.3 is 0 Å². The molecule has 0 atom stereocenters. The van der Waals surface area contributed by atoms with E-state index in [1.54, 1.807) is 36.4 Å². The zero-order valence-corrected chi connectivity index (χ0v) is 13.0. The fourth-order valence-electron chi connectivity index (χ4n) is 1.90. The average molecular weight is 335 g/mol. The van der Waals surface area contributed by atoms with Gasteiger partial charge in [-0.05, 0) is 37.0 Å². The first-order valence-corrected chi connectivity index (χ1v) is 7.09. The van der Waals surface area contributed by atoms with Crippen LogP contribution in [-0.4, -0.2) is 25.0 Å². The average Bonchev–Trinajstić information content (AvgIpc) is 2.49. The molecule has 1 N–H and O–H groups in total. The summed E-state index contributed by atoms with van der Waals surface area (Å²) >= 11 is 12.0. The number of nitrogens with zero attached hydrogens (tertiary/aromatic N) is 1. The monoisotopic (exact) mass is 334 g/mol. The number of hydrogen-bond acceptors (Lipinski definition) is 3. The maximum Gasteiger partial charge on any atom is 0.246 e. The first kappa shape index (κ1) is 16.2. The Hall–Kier alpha value is -2.17. The van der Waals surface area contributed by atoms with E-state index in [0.29, 0.717) is 21.3 Å². The minimum Gasteiger partial charge on any atom is -0.324 e. The zero-order valence-electron chi connectivity index (χ0n) is 11.5. The summed E-state index contributed by atoms with van der Waals surface area (Å²) in [6, 6.07) is 11.3. The topological polar surface area (TPSA) is 58.5 Å². The molecule has 0 bridgehead atoms. The van der Waals surface area contributed by atoms with Crippen LogP contribution < -0.4 is 5.32 Å². The van der Waals surface area contributed by atoms with E-state index in [2.05, 4.69) is 17.0 Å². The Morgan fingerprint density at radius 2 is 1.82 bits per heavy atom. The zero-order chi connectivity index (χ0) is 16.1. The van der Waals surface area contributed by atoms with E-state index in [1.165, 1.54) is 6.07 Å². The van der Waals surface area contributed by atoms with E-state index in [-0.39, 0.29) is 23.8 Å². The van der Waals surface area contributed by atoms with Gasteiger partial charge in [-0.15, -0.1) is 0 Å². The fraction of sp³-hybridized carbons (Fsp3) is 0.0625. The molecule has 4 nitrogen and oxygen atoms in total. The van der Waals surface area contributed by atoms with Crippen LogP contribution in [0.1, 0.15) is 15.9 Å². The number of halogens is 2. The first-order chi connectivity index (χ1) is 10.5. The molecule has 0 aromatic heterocycles. The molecular formula is C16H12Cl2N2O2. The summed E-state index contributed by atoms with van der Waals surface area (Å²) in [6.07, 6.45) is 0. The second kappa shape index (κ2) is 7.20. The van der Waals surface area contributed by atoms with Gasteiger partial charge < -0.3 is 5.32 Å². The van der Waals surface area contributed by atoms with Crippen LogP contribution in [0.4, 0.5) is 5.69 Å². The third kappa shape index (κ3) is 3.72. The molecule has 0 fully saturated rings. The minimum atomic E-state index is -0.370. The van der Waals surface area contributed by atoms with Gasteiger partial charge in [-0.1, -0.05) is 35.3 Å². The molecule has 22 heavy (non-hydrogen) atoms. The SMILES string of the molecule is C=NCC(=O)Nc1ccc(Cl)cc1C(=O)c1ccccc1Cl. The lowest BCUT2D eigenvalue weighted by atomic mass is 10.0. The Kier molecular flexibility index (Phi) is 5.31. The van der Waals surface area contributed by atoms with Crippen LogP contribution >= 0.6 is 23.2 Å². The Morgan fingerprint density at radius 1 is 1.09 bits per heavy atom. The molecule has 0 aliphatic carbocycles. The van der Waals surface area contributed by atoms with Crippen molar-refractivity contribution in [3.8, 4) is 0 Å². The van der Waals surface area contributed by atoms with Crippen molar-refractivity contribution in [2.75, 3.05) is 11.9 Å². The van der Waals surface area contributed by atoms with E-state index < -0.39 is 0 Å². The van der Waals surface area contributed by atoms with Crippen LogP contribution in [0, 0.1) is 0 Å². The summed E-state index contributed by atoms with van der Waals surface area (Å²) in [7, 11) is 0. The summed E-state index contributed by atoms with van der Waals surface area (Å²) < 4.78 is 0. The largest absolute Gasteiger partial charge is 0.324 e. The Morgan fingerprint density at radius 3 is 2.50 bits per heavy atom. The van der Waals surface area contributed by atoms with Crippen molar-refractivity contribution in [1.29, 1.82) is 0 Å². The van der Waals surface area contributed by atoms with Gasteiger partial charge in [0.25, 0.3) is 0 Å². The molecule has 0 spiro atoms. The van der Waals surface area contributed by atoms with Gasteiger partial charge in [0.05, 0.1) is 10.7 Å². The van der Waals surface area contributed by atoms with Crippen LogP contribution in [0.25, 0.3) is 0 Å². The quantitative estimate of drug-likeness (QED) is 0.666. The normalized spacial score (nSPS) is 10.1. The standard InChI is InChI=1S/C16H12Cl2N2O2/c1-19-9-15(21)20-14-7-6-10(17)8-12(14)16(22)11-4-2-3-5-13(11)18/h2-8H,1,9H2,(H,20,21). The van der Waals surface area contributed by atoms with E-state index in [0.717, 1.165) is 0 Å². The molecule has 2 rings (SSSR count). The minimum absolute atomic E-state index is 0.0949. The van der Waals surface area contributed by atoms with E-state index in [4.69, 9.17) is 23.2 Å². The highest BCUT2D eigenvalue weighted by atomic mass is 35.5. The maximum absolute atomic E-state index is 12.6.